The Morgan fingerprint density at radius 3 is 2.79 bits per heavy atom. The first-order valence-electron chi connectivity index (χ1n) is 4.65. The van der Waals surface area contributed by atoms with Gasteiger partial charge in [-0.2, -0.15) is 5.26 Å². The molecule has 0 fully saturated rings. The van der Waals surface area contributed by atoms with E-state index in [1.165, 1.54) is 0 Å². The van der Waals surface area contributed by atoms with Gasteiger partial charge in [-0.25, -0.2) is 4.98 Å². The SMILES string of the molecule is CC(C)N(CCC#N)c1cnccn1. The van der Waals surface area contributed by atoms with Gasteiger partial charge in [-0.05, 0) is 13.8 Å². The number of rotatable bonds is 4. The highest BCUT2D eigenvalue weighted by Crippen LogP contribution is 2.11. The molecule has 0 aromatic carbocycles. The van der Waals surface area contributed by atoms with E-state index in [1.807, 2.05) is 0 Å². The molecular weight excluding hydrogens is 176 g/mol. The Morgan fingerprint density at radius 2 is 2.29 bits per heavy atom. The Hall–Kier alpha value is -1.63. The van der Waals surface area contributed by atoms with Crippen molar-refractivity contribution in [2.24, 2.45) is 0 Å². The van der Waals surface area contributed by atoms with E-state index in [0.29, 0.717) is 19.0 Å². The smallest absolute Gasteiger partial charge is 0.147 e. The van der Waals surface area contributed by atoms with Gasteiger partial charge in [-0.15, -0.1) is 0 Å². The monoisotopic (exact) mass is 190 g/mol. The second kappa shape index (κ2) is 5.18. The van der Waals surface area contributed by atoms with Crippen molar-refractivity contribution in [1.82, 2.24) is 9.97 Å². The number of nitriles is 1. The molecule has 0 radical (unpaired) electrons. The molecule has 1 aromatic heterocycles. The molecule has 0 spiro atoms. The van der Waals surface area contributed by atoms with E-state index < -0.39 is 0 Å². The summed E-state index contributed by atoms with van der Waals surface area (Å²) in [5, 5.41) is 8.53. The molecule has 0 atom stereocenters. The highest BCUT2D eigenvalue weighted by atomic mass is 15.2. The van der Waals surface area contributed by atoms with Crippen LogP contribution in [0.1, 0.15) is 20.3 Å². The molecule has 74 valence electrons. The van der Waals surface area contributed by atoms with Crippen LogP contribution < -0.4 is 4.90 Å². The zero-order chi connectivity index (χ0) is 10.4. The summed E-state index contributed by atoms with van der Waals surface area (Å²) in [7, 11) is 0. The normalized spacial score (nSPS) is 9.86. The summed E-state index contributed by atoms with van der Waals surface area (Å²) in [4.78, 5) is 10.3. The van der Waals surface area contributed by atoms with E-state index in [9.17, 15) is 0 Å². The molecule has 0 bridgehead atoms. The van der Waals surface area contributed by atoms with Crippen LogP contribution in [0.15, 0.2) is 18.6 Å². The molecule has 0 saturated heterocycles. The standard InChI is InChI=1S/C10H14N4/c1-9(2)14(7-3-4-11)10-8-12-5-6-13-10/h5-6,8-9H,3,7H2,1-2H3. The topological polar surface area (TPSA) is 52.8 Å². The van der Waals surface area contributed by atoms with Crippen molar-refractivity contribution in [2.45, 2.75) is 26.3 Å². The first kappa shape index (κ1) is 10.5. The summed E-state index contributed by atoms with van der Waals surface area (Å²) in [6.07, 6.45) is 5.54. The van der Waals surface area contributed by atoms with Crippen LogP contribution in [0.4, 0.5) is 5.82 Å². The molecule has 0 saturated carbocycles. The molecule has 14 heavy (non-hydrogen) atoms. The first-order valence-corrected chi connectivity index (χ1v) is 4.65. The third-order valence-corrected chi connectivity index (χ3v) is 1.93. The molecule has 0 aliphatic heterocycles. The number of nitrogens with zero attached hydrogens (tertiary/aromatic N) is 4. The fourth-order valence-electron chi connectivity index (χ4n) is 1.25. The van der Waals surface area contributed by atoms with Crippen LogP contribution in [0, 0.1) is 11.3 Å². The summed E-state index contributed by atoms with van der Waals surface area (Å²) in [5.74, 6) is 0.831. The van der Waals surface area contributed by atoms with Crippen LogP contribution in [-0.4, -0.2) is 22.6 Å². The van der Waals surface area contributed by atoms with Gasteiger partial charge in [-0.1, -0.05) is 0 Å². The Morgan fingerprint density at radius 1 is 1.50 bits per heavy atom. The van der Waals surface area contributed by atoms with Gasteiger partial charge in [0.25, 0.3) is 0 Å². The maximum atomic E-state index is 8.53. The van der Waals surface area contributed by atoms with E-state index in [2.05, 4.69) is 34.8 Å². The molecule has 0 amide bonds. The van der Waals surface area contributed by atoms with Gasteiger partial charge in [0.1, 0.15) is 5.82 Å². The number of hydrogen-bond donors (Lipinski definition) is 0. The minimum atomic E-state index is 0.333. The zero-order valence-corrected chi connectivity index (χ0v) is 8.51. The first-order chi connectivity index (χ1) is 6.75. The van der Waals surface area contributed by atoms with Gasteiger partial charge in [0.15, 0.2) is 0 Å². The molecule has 4 heteroatoms. The summed E-state index contributed by atoms with van der Waals surface area (Å²) in [6.45, 7) is 4.85. The van der Waals surface area contributed by atoms with Crippen molar-refractivity contribution in [3.8, 4) is 6.07 Å². The van der Waals surface area contributed by atoms with Gasteiger partial charge < -0.3 is 4.90 Å². The molecule has 1 heterocycles. The molecule has 0 aliphatic carbocycles. The van der Waals surface area contributed by atoms with Crippen LogP contribution in [-0.2, 0) is 0 Å². The number of hydrogen-bond acceptors (Lipinski definition) is 4. The van der Waals surface area contributed by atoms with Crippen LogP contribution in [0.2, 0.25) is 0 Å². The highest BCUT2D eigenvalue weighted by molar-refractivity contribution is 5.36. The largest absolute Gasteiger partial charge is 0.352 e. The van der Waals surface area contributed by atoms with Gasteiger partial charge in [0, 0.05) is 25.0 Å². The Kier molecular flexibility index (Phi) is 3.86. The van der Waals surface area contributed by atoms with E-state index in [0.717, 1.165) is 5.82 Å². The molecule has 0 aliphatic rings. The predicted octanol–water partition coefficient (Wildman–Crippen LogP) is 1.61. The van der Waals surface area contributed by atoms with Gasteiger partial charge in [0.2, 0.25) is 0 Å². The lowest BCUT2D eigenvalue weighted by Gasteiger charge is -2.26. The Bertz CT molecular complexity index is 302. The average Bonchev–Trinajstić information content (AvgIpc) is 2.19. The van der Waals surface area contributed by atoms with Gasteiger partial charge in [-0.3, -0.25) is 4.98 Å². The van der Waals surface area contributed by atoms with E-state index in [1.54, 1.807) is 18.6 Å². The van der Waals surface area contributed by atoms with Crippen LogP contribution in [0.3, 0.4) is 0 Å². The maximum absolute atomic E-state index is 8.53. The zero-order valence-electron chi connectivity index (χ0n) is 8.51. The lowest BCUT2D eigenvalue weighted by atomic mass is 10.3. The van der Waals surface area contributed by atoms with Crippen molar-refractivity contribution in [2.75, 3.05) is 11.4 Å². The number of aromatic nitrogens is 2. The summed E-state index contributed by atoms with van der Waals surface area (Å²) < 4.78 is 0. The molecule has 0 unspecified atom stereocenters. The lowest BCUT2D eigenvalue weighted by Crippen LogP contribution is -2.32. The Balaban J connectivity index is 2.74. The fraction of sp³-hybridized carbons (Fsp3) is 0.500. The van der Waals surface area contributed by atoms with Crippen molar-refractivity contribution >= 4 is 5.82 Å². The molecule has 1 rings (SSSR count). The maximum Gasteiger partial charge on any atom is 0.147 e. The van der Waals surface area contributed by atoms with E-state index in [-0.39, 0.29) is 0 Å². The average molecular weight is 190 g/mol. The van der Waals surface area contributed by atoms with Crippen molar-refractivity contribution in [3.05, 3.63) is 18.6 Å². The molecular formula is C10H14N4. The highest BCUT2D eigenvalue weighted by Gasteiger charge is 2.10. The second-order valence-electron chi connectivity index (χ2n) is 3.26. The second-order valence-corrected chi connectivity index (χ2v) is 3.26. The minimum Gasteiger partial charge on any atom is -0.352 e. The third kappa shape index (κ3) is 2.70. The summed E-state index contributed by atoms with van der Waals surface area (Å²) in [5.41, 5.74) is 0. The Labute approximate surface area is 84.2 Å². The van der Waals surface area contributed by atoms with Gasteiger partial charge >= 0.3 is 0 Å². The van der Waals surface area contributed by atoms with Gasteiger partial charge in [0.05, 0.1) is 18.7 Å². The fourth-order valence-corrected chi connectivity index (χ4v) is 1.25. The summed E-state index contributed by atoms with van der Waals surface area (Å²) in [6, 6.07) is 2.47. The minimum absolute atomic E-state index is 0.333. The van der Waals surface area contributed by atoms with Crippen molar-refractivity contribution in [1.29, 1.82) is 5.26 Å². The van der Waals surface area contributed by atoms with Crippen LogP contribution >= 0.6 is 0 Å². The third-order valence-electron chi connectivity index (χ3n) is 1.93. The predicted molar refractivity (Wildman–Crippen MR) is 54.7 cm³/mol. The van der Waals surface area contributed by atoms with Crippen molar-refractivity contribution < 1.29 is 0 Å². The molecule has 0 N–H and O–H groups in total. The van der Waals surface area contributed by atoms with E-state index >= 15 is 0 Å². The van der Waals surface area contributed by atoms with Crippen LogP contribution in [0.5, 0.6) is 0 Å². The van der Waals surface area contributed by atoms with Crippen molar-refractivity contribution in [3.63, 3.8) is 0 Å². The summed E-state index contributed by atoms with van der Waals surface area (Å²) >= 11 is 0. The number of anilines is 1. The molecule has 4 nitrogen and oxygen atoms in total. The van der Waals surface area contributed by atoms with Crippen LogP contribution in [0.25, 0.3) is 0 Å². The quantitative estimate of drug-likeness (QED) is 0.723. The van der Waals surface area contributed by atoms with E-state index in [4.69, 9.17) is 5.26 Å². The lowest BCUT2D eigenvalue weighted by molar-refractivity contribution is 0.675. The molecule has 1 aromatic rings.